The van der Waals surface area contributed by atoms with Gasteiger partial charge in [-0.3, -0.25) is 4.79 Å². The molecule has 18 heavy (non-hydrogen) atoms. The third kappa shape index (κ3) is 2.92. The van der Waals surface area contributed by atoms with E-state index in [0.29, 0.717) is 12.0 Å². The second-order valence-corrected chi connectivity index (χ2v) is 5.66. The molecule has 2 nitrogen and oxygen atoms in total. The Bertz CT molecular complexity index is 439. The van der Waals surface area contributed by atoms with Crippen molar-refractivity contribution in [2.24, 2.45) is 5.92 Å². The van der Waals surface area contributed by atoms with E-state index in [1.807, 2.05) is 26.0 Å². The third-order valence-electron chi connectivity index (χ3n) is 4.07. The summed E-state index contributed by atoms with van der Waals surface area (Å²) in [5, 5.41) is 3.21. The number of amides is 1. The molecule has 1 aliphatic rings. The molecular weight excluding hydrogens is 222 g/mol. The monoisotopic (exact) mass is 245 g/mol. The first-order valence-corrected chi connectivity index (χ1v) is 6.96. The topological polar surface area (TPSA) is 29.1 Å². The lowest BCUT2D eigenvalue weighted by Gasteiger charge is -2.29. The average molecular weight is 245 g/mol. The molecule has 1 aromatic rings. The van der Waals surface area contributed by atoms with E-state index in [2.05, 4.69) is 18.3 Å². The molecule has 0 radical (unpaired) electrons. The van der Waals surface area contributed by atoms with E-state index in [4.69, 9.17) is 0 Å². The van der Waals surface area contributed by atoms with Gasteiger partial charge in [-0.1, -0.05) is 37.5 Å². The summed E-state index contributed by atoms with van der Waals surface area (Å²) in [6.45, 7) is 6.27. The van der Waals surface area contributed by atoms with Crippen molar-refractivity contribution in [2.75, 3.05) is 0 Å². The Labute approximate surface area is 110 Å². The van der Waals surface area contributed by atoms with E-state index in [1.54, 1.807) is 0 Å². The largest absolute Gasteiger partial charge is 0.349 e. The highest BCUT2D eigenvalue weighted by Crippen LogP contribution is 2.24. The minimum Gasteiger partial charge on any atom is -0.349 e. The number of hydrogen-bond donors (Lipinski definition) is 1. The number of carbonyl (C=O) groups is 1. The number of rotatable bonds is 2. The van der Waals surface area contributed by atoms with Crippen LogP contribution in [0.4, 0.5) is 0 Å². The molecule has 0 aromatic heterocycles. The second-order valence-electron chi connectivity index (χ2n) is 5.66. The van der Waals surface area contributed by atoms with Crippen molar-refractivity contribution in [2.45, 2.75) is 52.5 Å². The number of aryl methyl sites for hydroxylation is 2. The zero-order valence-corrected chi connectivity index (χ0v) is 11.6. The fraction of sp³-hybridized carbons (Fsp3) is 0.562. The van der Waals surface area contributed by atoms with E-state index in [1.165, 1.54) is 19.3 Å². The molecule has 2 heteroatoms. The molecule has 2 rings (SSSR count). The zero-order chi connectivity index (χ0) is 13.1. The van der Waals surface area contributed by atoms with Gasteiger partial charge < -0.3 is 5.32 Å². The Kier molecular flexibility index (Phi) is 4.05. The Morgan fingerprint density at radius 2 is 1.94 bits per heavy atom. The molecule has 0 bridgehead atoms. The summed E-state index contributed by atoms with van der Waals surface area (Å²) in [6, 6.07) is 6.41. The lowest BCUT2D eigenvalue weighted by molar-refractivity contribution is 0.0909. The maximum atomic E-state index is 12.3. The average Bonchev–Trinajstić information content (AvgIpc) is 2.35. The summed E-state index contributed by atoms with van der Waals surface area (Å²) >= 11 is 0. The van der Waals surface area contributed by atoms with Crippen LogP contribution >= 0.6 is 0 Å². The predicted octanol–water partition coefficient (Wildman–Crippen LogP) is 3.61. The highest BCUT2D eigenvalue weighted by atomic mass is 16.1. The van der Waals surface area contributed by atoms with Crippen LogP contribution in [-0.4, -0.2) is 11.9 Å². The smallest absolute Gasteiger partial charge is 0.251 e. The van der Waals surface area contributed by atoms with Gasteiger partial charge in [-0.2, -0.15) is 0 Å². The van der Waals surface area contributed by atoms with Crippen LogP contribution in [0.5, 0.6) is 0 Å². The summed E-state index contributed by atoms with van der Waals surface area (Å²) in [4.78, 5) is 12.3. The molecule has 2 atom stereocenters. The van der Waals surface area contributed by atoms with Gasteiger partial charge in [-0.05, 0) is 44.2 Å². The van der Waals surface area contributed by atoms with Crippen LogP contribution < -0.4 is 5.32 Å². The Balaban J connectivity index is 2.09. The first kappa shape index (κ1) is 13.1. The van der Waals surface area contributed by atoms with Gasteiger partial charge in [0.15, 0.2) is 0 Å². The van der Waals surface area contributed by atoms with Gasteiger partial charge in [0.05, 0.1) is 0 Å². The Morgan fingerprint density at radius 3 is 2.67 bits per heavy atom. The van der Waals surface area contributed by atoms with E-state index < -0.39 is 0 Å². The highest BCUT2D eigenvalue weighted by molar-refractivity contribution is 5.96. The molecular formula is C16H23NO. The summed E-state index contributed by atoms with van der Waals surface area (Å²) in [7, 11) is 0. The van der Waals surface area contributed by atoms with Crippen molar-refractivity contribution in [3.8, 4) is 0 Å². The predicted molar refractivity (Wildman–Crippen MR) is 74.8 cm³/mol. The van der Waals surface area contributed by atoms with Crippen LogP contribution in [0.2, 0.25) is 0 Å². The standard InChI is InChI=1S/C16H23NO/c1-11-8-9-12(2)14(10-11)16(18)17-15-7-5-4-6-13(15)3/h8-10,13,15H,4-7H2,1-3H3,(H,17,18). The van der Waals surface area contributed by atoms with E-state index >= 15 is 0 Å². The van der Waals surface area contributed by atoms with Crippen LogP contribution in [0.25, 0.3) is 0 Å². The number of hydrogen-bond acceptors (Lipinski definition) is 1. The molecule has 0 aliphatic heterocycles. The minimum absolute atomic E-state index is 0.0925. The van der Waals surface area contributed by atoms with Crippen molar-refractivity contribution in [3.05, 3.63) is 34.9 Å². The number of benzene rings is 1. The molecule has 2 unspecified atom stereocenters. The Morgan fingerprint density at radius 1 is 1.22 bits per heavy atom. The van der Waals surface area contributed by atoms with Crippen LogP contribution in [-0.2, 0) is 0 Å². The van der Waals surface area contributed by atoms with Crippen molar-refractivity contribution >= 4 is 5.91 Å². The van der Waals surface area contributed by atoms with Gasteiger partial charge in [0.2, 0.25) is 0 Å². The highest BCUT2D eigenvalue weighted by Gasteiger charge is 2.23. The third-order valence-corrected chi connectivity index (χ3v) is 4.07. The Hall–Kier alpha value is -1.31. The fourth-order valence-electron chi connectivity index (χ4n) is 2.76. The fourth-order valence-corrected chi connectivity index (χ4v) is 2.76. The van der Waals surface area contributed by atoms with Crippen LogP contribution in [0.15, 0.2) is 18.2 Å². The first-order chi connectivity index (χ1) is 8.58. The van der Waals surface area contributed by atoms with E-state index in [-0.39, 0.29) is 5.91 Å². The van der Waals surface area contributed by atoms with Crippen LogP contribution in [0.1, 0.15) is 54.1 Å². The minimum atomic E-state index is 0.0925. The van der Waals surface area contributed by atoms with Crippen molar-refractivity contribution < 1.29 is 4.79 Å². The van der Waals surface area contributed by atoms with Crippen molar-refractivity contribution in [1.82, 2.24) is 5.32 Å². The first-order valence-electron chi connectivity index (χ1n) is 6.96. The quantitative estimate of drug-likeness (QED) is 0.847. The van der Waals surface area contributed by atoms with E-state index in [9.17, 15) is 4.79 Å². The van der Waals surface area contributed by atoms with Gasteiger partial charge in [0.1, 0.15) is 0 Å². The normalized spacial score (nSPS) is 23.7. The summed E-state index contributed by atoms with van der Waals surface area (Å²) in [6.07, 6.45) is 4.90. The maximum Gasteiger partial charge on any atom is 0.251 e. The van der Waals surface area contributed by atoms with Gasteiger partial charge in [-0.15, -0.1) is 0 Å². The lowest BCUT2D eigenvalue weighted by Crippen LogP contribution is -2.41. The van der Waals surface area contributed by atoms with E-state index in [0.717, 1.165) is 23.1 Å². The van der Waals surface area contributed by atoms with Crippen LogP contribution in [0, 0.1) is 19.8 Å². The van der Waals surface area contributed by atoms with Crippen molar-refractivity contribution in [3.63, 3.8) is 0 Å². The van der Waals surface area contributed by atoms with Crippen LogP contribution in [0.3, 0.4) is 0 Å². The molecule has 0 spiro atoms. The maximum absolute atomic E-state index is 12.3. The van der Waals surface area contributed by atoms with Gasteiger partial charge in [-0.25, -0.2) is 0 Å². The van der Waals surface area contributed by atoms with Gasteiger partial charge in [0.25, 0.3) is 5.91 Å². The molecule has 1 fully saturated rings. The summed E-state index contributed by atoms with van der Waals surface area (Å²) in [5.74, 6) is 0.697. The SMILES string of the molecule is Cc1ccc(C)c(C(=O)NC2CCCCC2C)c1. The molecule has 0 saturated heterocycles. The lowest BCUT2D eigenvalue weighted by atomic mass is 9.85. The molecule has 1 N–H and O–H groups in total. The number of nitrogens with one attached hydrogen (secondary N) is 1. The molecule has 1 aliphatic carbocycles. The summed E-state index contributed by atoms with van der Waals surface area (Å²) in [5.41, 5.74) is 3.02. The summed E-state index contributed by atoms with van der Waals surface area (Å²) < 4.78 is 0. The van der Waals surface area contributed by atoms with Gasteiger partial charge in [0, 0.05) is 11.6 Å². The molecule has 1 saturated carbocycles. The zero-order valence-electron chi connectivity index (χ0n) is 11.6. The molecule has 1 amide bonds. The molecule has 1 aromatic carbocycles. The van der Waals surface area contributed by atoms with Gasteiger partial charge >= 0.3 is 0 Å². The number of carbonyl (C=O) groups excluding carboxylic acids is 1. The van der Waals surface area contributed by atoms with Crippen molar-refractivity contribution in [1.29, 1.82) is 0 Å². The second kappa shape index (κ2) is 5.55. The molecule has 0 heterocycles. The molecule has 98 valence electrons.